The van der Waals surface area contributed by atoms with E-state index in [9.17, 15) is 9.59 Å². The lowest BCUT2D eigenvalue weighted by molar-refractivity contribution is -0.117. The van der Waals surface area contributed by atoms with Gasteiger partial charge in [0.2, 0.25) is 5.91 Å². The van der Waals surface area contributed by atoms with E-state index in [-0.39, 0.29) is 5.91 Å². The third-order valence-corrected chi connectivity index (χ3v) is 4.85. The summed E-state index contributed by atoms with van der Waals surface area (Å²) in [7, 11) is 3.09. The number of aryl methyl sites for hydroxylation is 1. The molecule has 0 fully saturated rings. The standard InChI is InChI=1S/C18H20N4O4S/c1-9-8-27-18(19-9)22-16(23)10(2)20-17(24)13-7-11-12(21-13)5-6-14(25-3)15(11)26-4/h5-8,10,21H,1-4H3,(H,20,24)(H,19,22,23)/t10-/m1/s1. The minimum absolute atomic E-state index is 0.321. The Hall–Kier alpha value is -3.07. The molecular weight excluding hydrogens is 368 g/mol. The van der Waals surface area contributed by atoms with Gasteiger partial charge in [0, 0.05) is 10.8 Å². The molecule has 0 saturated carbocycles. The zero-order valence-electron chi connectivity index (χ0n) is 15.4. The Bertz CT molecular complexity index is 995. The first-order chi connectivity index (χ1) is 12.9. The van der Waals surface area contributed by atoms with Crippen molar-refractivity contribution in [2.24, 2.45) is 0 Å². The second-order valence-electron chi connectivity index (χ2n) is 5.92. The number of thiazole rings is 1. The Morgan fingerprint density at radius 2 is 2.04 bits per heavy atom. The number of rotatable bonds is 6. The molecule has 0 radical (unpaired) electrons. The number of benzene rings is 1. The molecule has 2 amide bonds. The average molecular weight is 388 g/mol. The molecule has 0 spiro atoms. The van der Waals surface area contributed by atoms with Gasteiger partial charge in [0.25, 0.3) is 5.91 Å². The second-order valence-corrected chi connectivity index (χ2v) is 6.78. The molecule has 142 valence electrons. The first-order valence-electron chi connectivity index (χ1n) is 8.20. The van der Waals surface area contributed by atoms with E-state index in [0.717, 1.165) is 16.6 Å². The molecule has 2 aromatic heterocycles. The Labute approximate surface area is 159 Å². The highest BCUT2D eigenvalue weighted by molar-refractivity contribution is 7.13. The lowest BCUT2D eigenvalue weighted by atomic mass is 10.2. The summed E-state index contributed by atoms with van der Waals surface area (Å²) in [6.45, 7) is 3.45. The smallest absolute Gasteiger partial charge is 0.268 e. The number of aromatic amines is 1. The van der Waals surface area contributed by atoms with Gasteiger partial charge in [-0.25, -0.2) is 4.98 Å². The fourth-order valence-corrected chi connectivity index (χ4v) is 3.31. The number of carbonyl (C=O) groups is 2. The number of nitrogens with zero attached hydrogens (tertiary/aromatic N) is 1. The second kappa shape index (κ2) is 7.67. The molecule has 27 heavy (non-hydrogen) atoms. The van der Waals surface area contributed by atoms with E-state index in [1.54, 1.807) is 32.2 Å². The number of hydrogen-bond donors (Lipinski definition) is 3. The summed E-state index contributed by atoms with van der Waals surface area (Å²) in [6, 6.07) is 4.49. The molecule has 0 aliphatic rings. The van der Waals surface area contributed by atoms with Crippen LogP contribution in [0, 0.1) is 6.92 Å². The number of ether oxygens (including phenoxy) is 2. The summed E-state index contributed by atoms with van der Waals surface area (Å²) in [5.74, 6) is 0.371. The quantitative estimate of drug-likeness (QED) is 0.602. The van der Waals surface area contributed by atoms with Crippen molar-refractivity contribution < 1.29 is 19.1 Å². The number of fused-ring (bicyclic) bond motifs is 1. The molecule has 0 saturated heterocycles. The number of methoxy groups -OCH3 is 2. The van der Waals surface area contributed by atoms with Crippen LogP contribution in [0.5, 0.6) is 11.5 Å². The van der Waals surface area contributed by atoms with Gasteiger partial charge in [-0.15, -0.1) is 11.3 Å². The highest BCUT2D eigenvalue weighted by Crippen LogP contribution is 2.35. The van der Waals surface area contributed by atoms with Crippen LogP contribution in [0.15, 0.2) is 23.6 Å². The Morgan fingerprint density at radius 3 is 2.67 bits per heavy atom. The molecule has 1 atom stereocenters. The maximum Gasteiger partial charge on any atom is 0.268 e. The summed E-state index contributed by atoms with van der Waals surface area (Å²) in [5.41, 5.74) is 1.88. The molecule has 0 bridgehead atoms. The van der Waals surface area contributed by atoms with Gasteiger partial charge in [-0.1, -0.05) is 0 Å². The fraction of sp³-hybridized carbons (Fsp3) is 0.278. The van der Waals surface area contributed by atoms with Crippen molar-refractivity contribution in [2.75, 3.05) is 19.5 Å². The third kappa shape index (κ3) is 3.87. The third-order valence-electron chi connectivity index (χ3n) is 3.98. The van der Waals surface area contributed by atoms with Crippen molar-refractivity contribution in [3.8, 4) is 11.5 Å². The predicted octanol–water partition coefficient (Wildman–Crippen LogP) is 2.71. The van der Waals surface area contributed by atoms with E-state index in [0.29, 0.717) is 22.3 Å². The predicted molar refractivity (Wildman–Crippen MR) is 104 cm³/mol. The van der Waals surface area contributed by atoms with Crippen LogP contribution in [0.1, 0.15) is 23.1 Å². The molecule has 0 aliphatic heterocycles. The van der Waals surface area contributed by atoms with Gasteiger partial charge in [0.05, 0.1) is 25.4 Å². The van der Waals surface area contributed by atoms with Crippen molar-refractivity contribution in [2.45, 2.75) is 19.9 Å². The average Bonchev–Trinajstić information content (AvgIpc) is 3.26. The summed E-state index contributed by atoms with van der Waals surface area (Å²) < 4.78 is 10.7. The zero-order chi connectivity index (χ0) is 19.6. The van der Waals surface area contributed by atoms with Gasteiger partial charge in [0.15, 0.2) is 16.6 Å². The Balaban J connectivity index is 1.74. The lowest BCUT2D eigenvalue weighted by Gasteiger charge is -2.12. The Kier molecular flexibility index (Phi) is 5.31. The van der Waals surface area contributed by atoms with E-state index in [4.69, 9.17) is 9.47 Å². The summed E-state index contributed by atoms with van der Waals surface area (Å²) in [5, 5.41) is 8.42. The summed E-state index contributed by atoms with van der Waals surface area (Å²) in [4.78, 5) is 32.0. The molecular formula is C18H20N4O4S. The van der Waals surface area contributed by atoms with Crippen molar-refractivity contribution in [3.63, 3.8) is 0 Å². The maximum absolute atomic E-state index is 12.5. The minimum atomic E-state index is -0.732. The van der Waals surface area contributed by atoms with Crippen molar-refractivity contribution >= 4 is 39.2 Å². The van der Waals surface area contributed by atoms with Gasteiger partial charge >= 0.3 is 0 Å². The lowest BCUT2D eigenvalue weighted by Crippen LogP contribution is -2.41. The highest BCUT2D eigenvalue weighted by atomic mass is 32.1. The number of H-pyrrole nitrogens is 1. The van der Waals surface area contributed by atoms with Gasteiger partial charge in [-0.3, -0.25) is 9.59 Å². The molecule has 9 heteroatoms. The Morgan fingerprint density at radius 1 is 1.26 bits per heavy atom. The van der Waals surface area contributed by atoms with E-state index < -0.39 is 11.9 Å². The molecule has 3 N–H and O–H groups in total. The number of nitrogens with one attached hydrogen (secondary N) is 3. The molecule has 0 aliphatic carbocycles. The van der Waals surface area contributed by atoms with Gasteiger partial charge in [-0.05, 0) is 32.0 Å². The largest absolute Gasteiger partial charge is 0.493 e. The molecule has 3 aromatic rings. The topological polar surface area (TPSA) is 105 Å². The number of anilines is 1. The van der Waals surface area contributed by atoms with Gasteiger partial charge in [0.1, 0.15) is 11.7 Å². The van der Waals surface area contributed by atoms with E-state index >= 15 is 0 Å². The monoisotopic (exact) mass is 388 g/mol. The first-order valence-corrected chi connectivity index (χ1v) is 9.08. The van der Waals surface area contributed by atoms with Crippen molar-refractivity contribution in [3.05, 3.63) is 35.0 Å². The van der Waals surface area contributed by atoms with E-state index in [1.165, 1.54) is 18.4 Å². The van der Waals surface area contributed by atoms with Crippen LogP contribution in [0.25, 0.3) is 10.9 Å². The van der Waals surface area contributed by atoms with Crippen LogP contribution in [0.4, 0.5) is 5.13 Å². The first kappa shape index (κ1) is 18.7. The van der Waals surface area contributed by atoms with Crippen molar-refractivity contribution in [1.29, 1.82) is 0 Å². The van der Waals surface area contributed by atoms with E-state index in [1.807, 2.05) is 12.3 Å². The van der Waals surface area contributed by atoms with Crippen LogP contribution in [-0.4, -0.2) is 42.0 Å². The molecule has 8 nitrogen and oxygen atoms in total. The number of carbonyl (C=O) groups excluding carboxylic acids is 2. The SMILES string of the molecule is COc1ccc2[nH]c(C(=O)N[C@H](C)C(=O)Nc3nc(C)cs3)cc2c1OC. The number of amides is 2. The highest BCUT2D eigenvalue weighted by Gasteiger charge is 2.20. The summed E-state index contributed by atoms with van der Waals surface area (Å²) in [6.07, 6.45) is 0. The fourth-order valence-electron chi connectivity index (χ4n) is 2.62. The molecule has 2 heterocycles. The normalized spacial score (nSPS) is 11.9. The van der Waals surface area contributed by atoms with Gasteiger partial charge in [-0.2, -0.15) is 0 Å². The summed E-state index contributed by atoms with van der Waals surface area (Å²) >= 11 is 1.33. The maximum atomic E-state index is 12.5. The van der Waals surface area contributed by atoms with Crippen LogP contribution < -0.4 is 20.1 Å². The van der Waals surface area contributed by atoms with Gasteiger partial charge < -0.3 is 25.1 Å². The number of hydrogen-bond acceptors (Lipinski definition) is 6. The van der Waals surface area contributed by atoms with Crippen LogP contribution in [-0.2, 0) is 4.79 Å². The molecule has 0 unspecified atom stereocenters. The van der Waals surface area contributed by atoms with Crippen molar-refractivity contribution in [1.82, 2.24) is 15.3 Å². The number of aromatic nitrogens is 2. The minimum Gasteiger partial charge on any atom is -0.493 e. The van der Waals surface area contributed by atoms with Crippen LogP contribution >= 0.6 is 11.3 Å². The van der Waals surface area contributed by atoms with E-state index in [2.05, 4.69) is 20.6 Å². The molecule has 1 aromatic carbocycles. The van der Waals surface area contributed by atoms with Crippen LogP contribution in [0.2, 0.25) is 0 Å². The van der Waals surface area contributed by atoms with Crippen LogP contribution in [0.3, 0.4) is 0 Å². The zero-order valence-corrected chi connectivity index (χ0v) is 16.2. The molecule has 3 rings (SSSR count).